The summed E-state index contributed by atoms with van der Waals surface area (Å²) in [6.45, 7) is 2.46. The van der Waals surface area contributed by atoms with Gasteiger partial charge in [-0.1, -0.05) is 18.2 Å². The van der Waals surface area contributed by atoms with Gasteiger partial charge in [0.25, 0.3) is 5.91 Å². The van der Waals surface area contributed by atoms with E-state index in [2.05, 4.69) is 20.6 Å². The Balaban J connectivity index is 1.53. The minimum absolute atomic E-state index is 0.103. The lowest BCUT2D eigenvalue weighted by molar-refractivity contribution is -0.116. The summed E-state index contributed by atoms with van der Waals surface area (Å²) in [5.74, 6) is 1.19. The molecule has 4 rings (SSSR count). The van der Waals surface area contributed by atoms with Crippen molar-refractivity contribution < 1.29 is 9.59 Å². The first-order valence-corrected chi connectivity index (χ1v) is 9.40. The number of fused-ring (bicyclic) bond motifs is 1. The van der Waals surface area contributed by atoms with E-state index in [1.54, 1.807) is 24.5 Å². The smallest absolute Gasteiger partial charge is 0.256 e. The number of carbonyl (C=O) groups is 2. The summed E-state index contributed by atoms with van der Waals surface area (Å²) in [6.07, 6.45) is 5.13. The van der Waals surface area contributed by atoms with Gasteiger partial charge < -0.3 is 20.1 Å². The number of rotatable bonds is 5. The van der Waals surface area contributed by atoms with E-state index in [0.29, 0.717) is 30.0 Å². The normalized spacial score (nSPS) is 15.6. The van der Waals surface area contributed by atoms with Crippen molar-refractivity contribution in [2.24, 2.45) is 0 Å². The number of hydrogen-bond donors (Lipinski definition) is 2. The summed E-state index contributed by atoms with van der Waals surface area (Å²) in [5, 5.41) is 5.98. The lowest BCUT2D eigenvalue weighted by Crippen LogP contribution is -2.45. The zero-order chi connectivity index (χ0) is 20.4. The highest BCUT2D eigenvalue weighted by molar-refractivity contribution is 6.01. The van der Waals surface area contributed by atoms with Crippen LogP contribution in [0.25, 0.3) is 0 Å². The molecule has 0 fully saturated rings. The van der Waals surface area contributed by atoms with Crippen LogP contribution in [-0.4, -0.2) is 33.4 Å². The fourth-order valence-corrected chi connectivity index (χ4v) is 3.49. The van der Waals surface area contributed by atoms with E-state index < -0.39 is 6.17 Å². The van der Waals surface area contributed by atoms with Crippen LogP contribution in [0.1, 0.15) is 34.3 Å². The number of imidazole rings is 1. The summed E-state index contributed by atoms with van der Waals surface area (Å²) in [7, 11) is 1.87. The molecule has 2 N–H and O–H groups in total. The lowest BCUT2D eigenvalue weighted by Gasteiger charge is -2.36. The molecule has 1 aliphatic rings. The van der Waals surface area contributed by atoms with Crippen molar-refractivity contribution in [3.63, 3.8) is 0 Å². The molecular formula is C21H22N6O2. The molecular weight excluding hydrogens is 368 g/mol. The van der Waals surface area contributed by atoms with E-state index in [1.807, 2.05) is 53.9 Å². The van der Waals surface area contributed by atoms with Crippen molar-refractivity contribution in [3.05, 3.63) is 71.9 Å². The minimum atomic E-state index is -0.433. The fourth-order valence-electron chi connectivity index (χ4n) is 3.49. The van der Waals surface area contributed by atoms with Crippen molar-refractivity contribution in [2.45, 2.75) is 26.1 Å². The van der Waals surface area contributed by atoms with Gasteiger partial charge in [-0.3, -0.25) is 9.59 Å². The zero-order valence-corrected chi connectivity index (χ0v) is 16.3. The number of aryl methyl sites for hydroxylation is 2. The van der Waals surface area contributed by atoms with Crippen LogP contribution < -0.4 is 15.5 Å². The highest BCUT2D eigenvalue weighted by atomic mass is 16.2. The summed E-state index contributed by atoms with van der Waals surface area (Å²) in [5.41, 5.74) is 1.99. The molecule has 0 aliphatic carbocycles. The van der Waals surface area contributed by atoms with Crippen molar-refractivity contribution in [1.82, 2.24) is 19.9 Å². The van der Waals surface area contributed by atoms with Gasteiger partial charge in [-0.05, 0) is 25.1 Å². The molecule has 0 saturated carbocycles. The molecule has 0 saturated heterocycles. The number of para-hydroxylation sites is 1. The van der Waals surface area contributed by atoms with E-state index in [9.17, 15) is 9.59 Å². The average molecular weight is 390 g/mol. The number of pyridine rings is 1. The average Bonchev–Trinajstić information content (AvgIpc) is 3.14. The summed E-state index contributed by atoms with van der Waals surface area (Å²) >= 11 is 0. The van der Waals surface area contributed by atoms with Gasteiger partial charge in [0.05, 0.1) is 5.56 Å². The van der Waals surface area contributed by atoms with E-state index in [0.717, 1.165) is 11.4 Å². The predicted octanol–water partition coefficient (Wildman–Crippen LogP) is 2.49. The van der Waals surface area contributed by atoms with Gasteiger partial charge in [-0.2, -0.15) is 0 Å². The first-order chi connectivity index (χ1) is 14.0. The topological polar surface area (TPSA) is 92.2 Å². The molecule has 1 aromatic carbocycles. The van der Waals surface area contributed by atoms with Gasteiger partial charge in [0.15, 0.2) is 0 Å². The van der Waals surface area contributed by atoms with Gasteiger partial charge >= 0.3 is 0 Å². The number of nitrogens with zero attached hydrogens (tertiary/aromatic N) is 4. The maximum absolute atomic E-state index is 12.5. The number of benzene rings is 1. The van der Waals surface area contributed by atoms with Crippen LogP contribution in [0.4, 0.5) is 11.5 Å². The lowest BCUT2D eigenvalue weighted by atomic mass is 10.0. The SMILES string of the molecule is Cc1nccn1CCC(=O)Nc1ccccc1[C@H]1NC(=O)c2cccnc2N1C. The van der Waals surface area contributed by atoms with Gasteiger partial charge in [-0.25, -0.2) is 9.97 Å². The van der Waals surface area contributed by atoms with Gasteiger partial charge in [0, 0.05) is 49.9 Å². The molecule has 1 aliphatic heterocycles. The van der Waals surface area contributed by atoms with Gasteiger partial charge in [-0.15, -0.1) is 0 Å². The Labute approximate surface area is 168 Å². The Morgan fingerprint density at radius 3 is 2.79 bits per heavy atom. The Kier molecular flexibility index (Phi) is 4.99. The molecule has 29 heavy (non-hydrogen) atoms. The summed E-state index contributed by atoms with van der Waals surface area (Å²) in [4.78, 5) is 35.5. The molecule has 3 aromatic rings. The molecule has 0 bridgehead atoms. The third-order valence-electron chi connectivity index (χ3n) is 5.05. The number of carbonyl (C=O) groups excluding carboxylic acids is 2. The number of aromatic nitrogens is 3. The third kappa shape index (κ3) is 3.69. The van der Waals surface area contributed by atoms with Crippen molar-refractivity contribution in [2.75, 3.05) is 17.3 Å². The van der Waals surface area contributed by atoms with E-state index in [-0.39, 0.29) is 11.8 Å². The van der Waals surface area contributed by atoms with Crippen LogP contribution >= 0.6 is 0 Å². The summed E-state index contributed by atoms with van der Waals surface area (Å²) in [6, 6.07) is 11.0. The Morgan fingerprint density at radius 2 is 2.00 bits per heavy atom. The standard InChI is InChI=1S/C21H22N6O2/c1-14-22-11-13-27(14)12-9-18(28)24-17-8-4-3-6-15(17)20-25-21(29)16-7-5-10-23-19(16)26(20)2/h3-8,10-11,13,20H,9,12H2,1-2H3,(H,24,28)(H,25,29)/t20-/m0/s1. The Bertz CT molecular complexity index is 1060. The largest absolute Gasteiger partial charge is 0.335 e. The number of hydrogen-bond acceptors (Lipinski definition) is 5. The quantitative estimate of drug-likeness (QED) is 0.698. The first-order valence-electron chi connectivity index (χ1n) is 9.40. The monoisotopic (exact) mass is 390 g/mol. The van der Waals surface area contributed by atoms with Crippen LogP contribution in [0.15, 0.2) is 55.0 Å². The fraction of sp³-hybridized carbons (Fsp3) is 0.238. The number of nitrogens with one attached hydrogen (secondary N) is 2. The van der Waals surface area contributed by atoms with Crippen LogP contribution in [0.2, 0.25) is 0 Å². The summed E-state index contributed by atoms with van der Waals surface area (Å²) < 4.78 is 1.93. The predicted molar refractivity (Wildman–Crippen MR) is 109 cm³/mol. The van der Waals surface area contributed by atoms with E-state index in [4.69, 9.17) is 0 Å². The second-order valence-electron chi connectivity index (χ2n) is 6.91. The Morgan fingerprint density at radius 1 is 1.17 bits per heavy atom. The first kappa shape index (κ1) is 18.7. The second kappa shape index (κ2) is 7.75. The van der Waals surface area contributed by atoms with Crippen molar-refractivity contribution in [3.8, 4) is 0 Å². The van der Waals surface area contributed by atoms with Crippen LogP contribution in [0, 0.1) is 6.92 Å². The Hall–Kier alpha value is -3.68. The second-order valence-corrected chi connectivity index (χ2v) is 6.91. The highest BCUT2D eigenvalue weighted by Gasteiger charge is 2.31. The molecule has 148 valence electrons. The van der Waals surface area contributed by atoms with Gasteiger partial charge in [0.2, 0.25) is 5.91 Å². The molecule has 2 amide bonds. The number of amides is 2. The maximum atomic E-state index is 12.5. The van der Waals surface area contributed by atoms with E-state index in [1.165, 1.54) is 0 Å². The molecule has 3 heterocycles. The molecule has 8 heteroatoms. The van der Waals surface area contributed by atoms with Crippen LogP contribution in [0.5, 0.6) is 0 Å². The maximum Gasteiger partial charge on any atom is 0.256 e. The van der Waals surface area contributed by atoms with Crippen LogP contribution in [-0.2, 0) is 11.3 Å². The van der Waals surface area contributed by atoms with E-state index >= 15 is 0 Å². The molecule has 1 atom stereocenters. The molecule has 8 nitrogen and oxygen atoms in total. The van der Waals surface area contributed by atoms with Crippen LogP contribution in [0.3, 0.4) is 0 Å². The minimum Gasteiger partial charge on any atom is -0.335 e. The zero-order valence-electron chi connectivity index (χ0n) is 16.3. The highest BCUT2D eigenvalue weighted by Crippen LogP contribution is 2.33. The molecule has 0 unspecified atom stereocenters. The molecule has 2 aromatic heterocycles. The molecule has 0 radical (unpaired) electrons. The van der Waals surface area contributed by atoms with Gasteiger partial charge in [0.1, 0.15) is 17.8 Å². The number of anilines is 2. The molecule has 0 spiro atoms. The third-order valence-corrected chi connectivity index (χ3v) is 5.05. The van der Waals surface area contributed by atoms with Crippen molar-refractivity contribution >= 4 is 23.3 Å². The van der Waals surface area contributed by atoms with Crippen molar-refractivity contribution in [1.29, 1.82) is 0 Å².